The number of unbranched alkanes of at least 4 members (excludes halogenated alkanes) is 32. The highest BCUT2D eigenvalue weighted by Gasteiger charge is 2.30. The lowest BCUT2D eigenvalue weighted by molar-refractivity contribution is -0.161. The van der Waals surface area contributed by atoms with Gasteiger partial charge < -0.3 is 33.8 Å². The SMILES string of the molecule is CCC(C)CCCCCCCCCCCCCCCCC(=O)OC[C@H](COP(=O)(O)OC[C@@H](O)COP(=O)(O)OC[C@@H](COC(=O)CCCCCCCCC(C)C)OC(=O)CCCCCCCCCCCCC(C)C)OC(=O)CCCCCCCCC(C)CC. The second-order valence-electron chi connectivity index (χ2n) is 27.1. The maximum atomic E-state index is 13.0. The topological polar surface area (TPSA) is 237 Å². The summed E-state index contributed by atoms with van der Waals surface area (Å²) in [6.07, 6.45) is 43.2. The number of hydrogen-bond acceptors (Lipinski definition) is 15. The zero-order chi connectivity index (χ0) is 66.8. The van der Waals surface area contributed by atoms with Gasteiger partial charge in [0.05, 0.1) is 26.4 Å². The molecule has 0 saturated carbocycles. The molecule has 0 aromatic rings. The summed E-state index contributed by atoms with van der Waals surface area (Å²) in [5, 5.41) is 10.6. The molecule has 0 heterocycles. The Bertz CT molecular complexity index is 1790. The van der Waals surface area contributed by atoms with Crippen molar-refractivity contribution in [2.75, 3.05) is 39.6 Å². The van der Waals surface area contributed by atoms with Crippen LogP contribution in [0.1, 0.15) is 351 Å². The quantitative estimate of drug-likeness (QED) is 0.0222. The van der Waals surface area contributed by atoms with Crippen LogP contribution in [0, 0.1) is 23.7 Å². The first-order chi connectivity index (χ1) is 43.2. The van der Waals surface area contributed by atoms with Gasteiger partial charge in [-0.1, -0.05) is 299 Å². The molecule has 0 bridgehead atoms. The van der Waals surface area contributed by atoms with Gasteiger partial charge in [-0.25, -0.2) is 9.13 Å². The van der Waals surface area contributed by atoms with Crippen LogP contribution >= 0.6 is 15.6 Å². The van der Waals surface area contributed by atoms with E-state index < -0.39 is 97.5 Å². The zero-order valence-electron chi connectivity index (χ0n) is 58.8. The molecule has 17 nitrogen and oxygen atoms in total. The number of phosphoric ester groups is 2. The molecule has 0 aliphatic carbocycles. The summed E-state index contributed by atoms with van der Waals surface area (Å²) in [6, 6.07) is 0. The normalized spacial score (nSPS) is 14.9. The highest BCUT2D eigenvalue weighted by atomic mass is 31.2. The van der Waals surface area contributed by atoms with Gasteiger partial charge in [-0.15, -0.1) is 0 Å². The van der Waals surface area contributed by atoms with E-state index in [2.05, 4.69) is 55.4 Å². The van der Waals surface area contributed by atoms with Crippen molar-refractivity contribution in [1.82, 2.24) is 0 Å². The Balaban J connectivity index is 5.19. The van der Waals surface area contributed by atoms with Crippen molar-refractivity contribution in [2.24, 2.45) is 23.7 Å². The average Bonchev–Trinajstić information content (AvgIpc) is 2.83. The molecule has 4 unspecified atom stereocenters. The Morgan fingerprint density at radius 2 is 0.533 bits per heavy atom. The van der Waals surface area contributed by atoms with Crippen LogP contribution in [0.3, 0.4) is 0 Å². The van der Waals surface area contributed by atoms with E-state index in [1.165, 1.54) is 148 Å². The molecule has 0 saturated heterocycles. The number of esters is 4. The van der Waals surface area contributed by atoms with Gasteiger partial charge in [-0.05, 0) is 49.4 Å². The minimum Gasteiger partial charge on any atom is -0.462 e. The Morgan fingerprint density at radius 1 is 0.311 bits per heavy atom. The van der Waals surface area contributed by atoms with Gasteiger partial charge in [0, 0.05) is 25.7 Å². The fraction of sp³-hybridized carbons (Fsp3) is 0.944. The number of phosphoric acid groups is 2. The largest absolute Gasteiger partial charge is 0.472 e. The summed E-state index contributed by atoms with van der Waals surface area (Å²) in [5.41, 5.74) is 0. The first-order valence-corrected chi connectivity index (χ1v) is 39.8. The van der Waals surface area contributed by atoms with Crippen molar-refractivity contribution in [1.29, 1.82) is 0 Å². The molecule has 19 heteroatoms. The Morgan fingerprint density at radius 3 is 0.789 bits per heavy atom. The summed E-state index contributed by atoms with van der Waals surface area (Å²) in [5.74, 6) is 0.869. The molecule has 0 radical (unpaired) electrons. The van der Waals surface area contributed by atoms with Crippen LogP contribution in [0.4, 0.5) is 0 Å². The number of aliphatic hydroxyl groups is 1. The molecule has 90 heavy (non-hydrogen) atoms. The van der Waals surface area contributed by atoms with E-state index in [9.17, 15) is 43.2 Å². The van der Waals surface area contributed by atoms with Crippen molar-refractivity contribution in [3.63, 3.8) is 0 Å². The van der Waals surface area contributed by atoms with Crippen molar-refractivity contribution in [3.05, 3.63) is 0 Å². The summed E-state index contributed by atoms with van der Waals surface area (Å²) >= 11 is 0. The Kier molecular flexibility index (Phi) is 59.4. The first-order valence-electron chi connectivity index (χ1n) is 36.8. The van der Waals surface area contributed by atoms with Crippen LogP contribution in [0.5, 0.6) is 0 Å². The monoisotopic (exact) mass is 1320 g/mol. The van der Waals surface area contributed by atoms with Crippen molar-refractivity contribution in [3.8, 4) is 0 Å². The highest BCUT2D eigenvalue weighted by molar-refractivity contribution is 7.47. The molecule has 0 amide bonds. The number of aliphatic hydroxyl groups excluding tert-OH is 1. The van der Waals surface area contributed by atoms with E-state index in [1.54, 1.807) is 0 Å². The number of hydrogen-bond donors (Lipinski definition) is 3. The van der Waals surface area contributed by atoms with Gasteiger partial charge in [0.25, 0.3) is 0 Å². The Hall–Kier alpha value is -1.94. The third-order valence-electron chi connectivity index (χ3n) is 17.0. The summed E-state index contributed by atoms with van der Waals surface area (Å²) in [6.45, 7) is 14.1. The van der Waals surface area contributed by atoms with Crippen molar-refractivity contribution >= 4 is 39.5 Å². The lowest BCUT2D eigenvalue weighted by Crippen LogP contribution is -2.30. The number of rotatable bonds is 68. The number of carbonyl (C=O) groups excluding carboxylic acids is 4. The van der Waals surface area contributed by atoms with Crippen LogP contribution in [0.15, 0.2) is 0 Å². The van der Waals surface area contributed by atoms with E-state index in [-0.39, 0.29) is 25.7 Å². The third kappa shape index (κ3) is 62.2. The molecule has 0 rings (SSSR count). The summed E-state index contributed by atoms with van der Waals surface area (Å²) < 4.78 is 68.2. The van der Waals surface area contributed by atoms with E-state index in [1.807, 2.05) is 0 Å². The lowest BCUT2D eigenvalue weighted by atomic mass is 9.99. The van der Waals surface area contributed by atoms with E-state index in [4.69, 9.17) is 37.0 Å². The average molecular weight is 1330 g/mol. The summed E-state index contributed by atoms with van der Waals surface area (Å²) in [4.78, 5) is 72.5. The van der Waals surface area contributed by atoms with Crippen molar-refractivity contribution < 1.29 is 80.2 Å². The Labute approximate surface area is 549 Å². The molecular formula is C71H138O17P2. The minimum atomic E-state index is -4.95. The van der Waals surface area contributed by atoms with E-state index in [0.717, 1.165) is 114 Å². The van der Waals surface area contributed by atoms with Gasteiger partial charge in [-0.2, -0.15) is 0 Å². The third-order valence-corrected chi connectivity index (χ3v) is 18.9. The van der Waals surface area contributed by atoms with Crippen LogP contribution in [0.25, 0.3) is 0 Å². The number of ether oxygens (including phenoxy) is 4. The predicted molar refractivity (Wildman–Crippen MR) is 363 cm³/mol. The zero-order valence-corrected chi connectivity index (χ0v) is 60.6. The minimum absolute atomic E-state index is 0.103. The first kappa shape index (κ1) is 88.1. The molecule has 0 aliphatic rings. The molecule has 0 fully saturated rings. The molecule has 7 atom stereocenters. The molecule has 0 aliphatic heterocycles. The second-order valence-corrected chi connectivity index (χ2v) is 30.0. The molecular weight excluding hydrogens is 1190 g/mol. The van der Waals surface area contributed by atoms with E-state index in [0.29, 0.717) is 31.6 Å². The van der Waals surface area contributed by atoms with E-state index >= 15 is 0 Å². The van der Waals surface area contributed by atoms with Gasteiger partial charge in [0.1, 0.15) is 19.3 Å². The van der Waals surface area contributed by atoms with Crippen molar-refractivity contribution in [2.45, 2.75) is 369 Å². The fourth-order valence-corrected chi connectivity index (χ4v) is 12.2. The van der Waals surface area contributed by atoms with Crippen LogP contribution in [-0.4, -0.2) is 96.7 Å². The van der Waals surface area contributed by atoms with Crippen LogP contribution in [-0.2, 0) is 65.4 Å². The predicted octanol–water partition coefficient (Wildman–Crippen LogP) is 20.1. The van der Waals surface area contributed by atoms with Gasteiger partial charge in [0.2, 0.25) is 0 Å². The fourth-order valence-electron chi connectivity index (χ4n) is 10.6. The number of carbonyl (C=O) groups is 4. The molecule has 0 aromatic carbocycles. The lowest BCUT2D eigenvalue weighted by Gasteiger charge is -2.21. The smallest absolute Gasteiger partial charge is 0.462 e. The maximum Gasteiger partial charge on any atom is 0.472 e. The molecule has 0 spiro atoms. The van der Waals surface area contributed by atoms with Crippen LogP contribution in [0.2, 0.25) is 0 Å². The summed E-state index contributed by atoms with van der Waals surface area (Å²) in [7, 11) is -9.90. The van der Waals surface area contributed by atoms with Gasteiger partial charge >= 0.3 is 39.5 Å². The van der Waals surface area contributed by atoms with Crippen LogP contribution < -0.4 is 0 Å². The van der Waals surface area contributed by atoms with Gasteiger partial charge in [-0.3, -0.25) is 37.3 Å². The maximum absolute atomic E-state index is 13.0. The highest BCUT2D eigenvalue weighted by Crippen LogP contribution is 2.45. The molecule has 534 valence electrons. The molecule has 0 aromatic heterocycles. The van der Waals surface area contributed by atoms with Gasteiger partial charge in [0.15, 0.2) is 12.2 Å². The standard InChI is InChI=1S/C71H138O17P2/c1-9-63(7)49-41-33-24-20-15-13-11-12-14-16-21-25-35-43-51-68(73)81-57-67(88-71(76)54-46-38-30-28-34-42-50-64(8)10-2)60-86-90(79,80)84-56-65(72)55-83-89(77,78)85-59-66(58-82-69(74)52-44-36-29-27-32-40-48-62(5)6)87-70(75)53-45-37-26-22-18-17-19-23-31-39-47-61(3)4/h61-67,72H,9-60H2,1-8H3,(H,77,78)(H,79,80)/t63?,64?,65-,66+,67+/m0/s1. The second kappa shape index (κ2) is 60.7. The molecule has 3 N–H and O–H groups in total.